The van der Waals surface area contributed by atoms with Crippen LogP contribution in [0.2, 0.25) is 0 Å². The first kappa shape index (κ1) is 27.8. The minimum Gasteiger partial charge on any atom is -0.485 e. The topological polar surface area (TPSA) is 162 Å². The number of aromatic nitrogens is 1. The van der Waals surface area contributed by atoms with Crippen LogP contribution in [0.25, 0.3) is 0 Å². The number of benzene rings is 1. The molecule has 2 heterocycles. The zero-order valence-electron chi connectivity index (χ0n) is 20.2. The summed E-state index contributed by atoms with van der Waals surface area (Å²) in [6.07, 6.45) is 1.19. The summed E-state index contributed by atoms with van der Waals surface area (Å²) in [4.78, 5) is 13.2. The number of hydrogen-bond acceptors (Lipinski definition) is 10. The average Bonchev–Trinajstić information content (AvgIpc) is 2.75. The molecule has 36 heavy (non-hydrogen) atoms. The molecule has 0 radical (unpaired) electrons. The second-order valence-corrected chi connectivity index (χ2v) is 12.4. The van der Waals surface area contributed by atoms with Crippen molar-refractivity contribution in [1.82, 2.24) is 4.57 Å². The van der Waals surface area contributed by atoms with E-state index in [0.29, 0.717) is 16.9 Å². The van der Waals surface area contributed by atoms with Crippen LogP contribution < -0.4 is 10.3 Å². The van der Waals surface area contributed by atoms with Crippen molar-refractivity contribution in [2.24, 2.45) is 0 Å². The summed E-state index contributed by atoms with van der Waals surface area (Å²) in [5.74, 6) is 0.425. The van der Waals surface area contributed by atoms with Crippen LogP contribution in [0.5, 0.6) is 5.75 Å². The van der Waals surface area contributed by atoms with Gasteiger partial charge in [0.2, 0.25) is 0 Å². The highest BCUT2D eigenvalue weighted by Gasteiger charge is 2.44. The van der Waals surface area contributed by atoms with E-state index in [4.69, 9.17) is 13.1 Å². The summed E-state index contributed by atoms with van der Waals surface area (Å²) in [7, 11) is -7.56. The quantitative estimate of drug-likeness (QED) is 0.365. The number of aliphatic hydroxyl groups excluding tert-OH is 1. The molecule has 0 bridgehead atoms. The van der Waals surface area contributed by atoms with Crippen LogP contribution in [0.4, 0.5) is 0 Å². The van der Waals surface area contributed by atoms with Gasteiger partial charge in [0.15, 0.2) is 0 Å². The first-order valence-electron chi connectivity index (χ1n) is 11.0. The van der Waals surface area contributed by atoms with Crippen molar-refractivity contribution in [3.8, 4) is 11.8 Å². The lowest BCUT2D eigenvalue weighted by molar-refractivity contribution is -0.0643. The van der Waals surface area contributed by atoms with E-state index < -0.39 is 49.6 Å². The molecule has 11 nitrogen and oxygen atoms in total. The second-order valence-electron chi connectivity index (χ2n) is 9.12. The van der Waals surface area contributed by atoms with Crippen LogP contribution in [0.1, 0.15) is 55.5 Å². The fourth-order valence-corrected chi connectivity index (χ4v) is 5.08. The maximum atomic E-state index is 13.2. The molecule has 0 saturated carbocycles. The van der Waals surface area contributed by atoms with Gasteiger partial charge in [0, 0.05) is 17.8 Å². The fourth-order valence-electron chi connectivity index (χ4n) is 4.03. The summed E-state index contributed by atoms with van der Waals surface area (Å²) in [6.45, 7) is 3.18. The molecule has 0 amide bonds. The molecule has 3 rings (SSSR count). The minimum atomic E-state index is -3.91. The van der Waals surface area contributed by atoms with Crippen LogP contribution >= 0.6 is 0 Å². The van der Waals surface area contributed by atoms with Crippen LogP contribution in [0, 0.1) is 11.3 Å². The maximum Gasteiger partial charge on any atom is 0.264 e. The lowest BCUT2D eigenvalue weighted by atomic mass is 9.85. The van der Waals surface area contributed by atoms with Crippen molar-refractivity contribution in [1.29, 1.82) is 5.26 Å². The van der Waals surface area contributed by atoms with E-state index in [1.165, 1.54) is 22.9 Å². The third-order valence-corrected chi connectivity index (χ3v) is 6.86. The molecular formula is C23H28N2O9S2. The van der Waals surface area contributed by atoms with E-state index in [2.05, 4.69) is 0 Å². The Morgan fingerprint density at radius 2 is 1.86 bits per heavy atom. The summed E-state index contributed by atoms with van der Waals surface area (Å²) in [5, 5.41) is 20.4. The average molecular weight is 541 g/mol. The first-order valence-corrected chi connectivity index (χ1v) is 14.6. The van der Waals surface area contributed by atoms with Crippen LogP contribution in [-0.4, -0.2) is 57.3 Å². The van der Waals surface area contributed by atoms with Crippen LogP contribution in [-0.2, 0) is 28.6 Å². The van der Waals surface area contributed by atoms with Crippen molar-refractivity contribution in [3.05, 3.63) is 63.6 Å². The molecule has 1 aliphatic heterocycles. The van der Waals surface area contributed by atoms with Gasteiger partial charge in [-0.15, -0.1) is 0 Å². The van der Waals surface area contributed by atoms with Crippen molar-refractivity contribution in [2.45, 2.75) is 50.5 Å². The van der Waals surface area contributed by atoms with Gasteiger partial charge in [0.1, 0.15) is 23.6 Å². The first-order chi connectivity index (χ1) is 16.6. The summed E-state index contributed by atoms with van der Waals surface area (Å²) in [5.41, 5.74) is -0.551. The van der Waals surface area contributed by atoms with E-state index in [1.54, 1.807) is 32.0 Å². The molecule has 13 heteroatoms. The third-order valence-electron chi connectivity index (χ3n) is 5.68. The van der Waals surface area contributed by atoms with Gasteiger partial charge in [-0.3, -0.25) is 13.2 Å². The zero-order valence-corrected chi connectivity index (χ0v) is 21.9. The monoisotopic (exact) mass is 540 g/mol. The smallest absolute Gasteiger partial charge is 0.264 e. The van der Waals surface area contributed by atoms with E-state index in [-0.39, 0.29) is 25.0 Å². The van der Waals surface area contributed by atoms with Gasteiger partial charge in [-0.25, -0.2) is 0 Å². The molecule has 3 unspecified atom stereocenters. The zero-order chi connectivity index (χ0) is 26.9. The number of ether oxygens (including phenoxy) is 1. The summed E-state index contributed by atoms with van der Waals surface area (Å²) >= 11 is 0. The standard InChI is InChI=1S/C23H28N2O9S2/c1-23(2)22(27)21(17-12-15(14-24)7-8-19(17)33-23)25-10-9-16(13-20(25)26)18(34-36(4,30)31)6-5-11-32-35(3,28)29/h7-10,12-13,18,21-22,27H,5-6,11H2,1-4H3. The Hall–Kier alpha value is -2.76. The highest BCUT2D eigenvalue weighted by Crippen LogP contribution is 2.42. The van der Waals surface area contributed by atoms with E-state index >= 15 is 0 Å². The van der Waals surface area contributed by atoms with E-state index in [9.17, 15) is 32.0 Å². The summed E-state index contributed by atoms with van der Waals surface area (Å²) in [6, 6.07) is 8.60. The van der Waals surface area contributed by atoms with Crippen LogP contribution in [0.3, 0.4) is 0 Å². The molecular weight excluding hydrogens is 512 g/mol. The highest BCUT2D eigenvalue weighted by atomic mass is 32.2. The Labute approximate surface area is 210 Å². The second kappa shape index (κ2) is 10.3. The molecule has 0 spiro atoms. The molecule has 0 aliphatic carbocycles. The molecule has 0 saturated heterocycles. The molecule has 1 aromatic heterocycles. The Morgan fingerprint density at radius 1 is 1.17 bits per heavy atom. The molecule has 1 aromatic carbocycles. The molecule has 1 N–H and O–H groups in total. The van der Waals surface area contributed by atoms with Gasteiger partial charge in [0.05, 0.1) is 36.8 Å². The predicted molar refractivity (Wildman–Crippen MR) is 129 cm³/mol. The number of nitrogens with zero attached hydrogens (tertiary/aromatic N) is 2. The number of pyridine rings is 1. The van der Waals surface area contributed by atoms with Crippen molar-refractivity contribution < 1.29 is 35.0 Å². The van der Waals surface area contributed by atoms with E-state index in [0.717, 1.165) is 12.5 Å². The van der Waals surface area contributed by atoms with Gasteiger partial charge in [-0.1, -0.05) is 0 Å². The number of hydrogen-bond donors (Lipinski definition) is 1. The fraction of sp³-hybridized carbons (Fsp3) is 0.478. The molecule has 1 aliphatic rings. The van der Waals surface area contributed by atoms with Crippen molar-refractivity contribution >= 4 is 20.2 Å². The Bertz CT molecular complexity index is 1440. The summed E-state index contributed by atoms with van der Waals surface area (Å²) < 4.78 is 63.0. The normalized spacial score (nSPS) is 20.1. The SMILES string of the molecule is CC1(C)Oc2ccc(C#N)cc2C(n2ccc(C(CCCOS(C)(=O)=O)OS(C)(=O)=O)cc2=O)C1O. The largest absolute Gasteiger partial charge is 0.485 e. The molecule has 3 atom stereocenters. The Morgan fingerprint density at radius 3 is 2.44 bits per heavy atom. The Kier molecular flexibility index (Phi) is 7.97. The van der Waals surface area contributed by atoms with Gasteiger partial charge in [-0.2, -0.15) is 22.1 Å². The molecule has 0 fully saturated rings. The van der Waals surface area contributed by atoms with Crippen molar-refractivity contribution in [2.75, 3.05) is 19.1 Å². The highest BCUT2D eigenvalue weighted by molar-refractivity contribution is 7.86. The third kappa shape index (κ3) is 6.71. The number of nitriles is 1. The lowest BCUT2D eigenvalue weighted by Gasteiger charge is -2.42. The van der Waals surface area contributed by atoms with Gasteiger partial charge in [-0.05, 0) is 56.5 Å². The number of aliphatic hydroxyl groups is 1. The maximum absolute atomic E-state index is 13.2. The Balaban J connectivity index is 1.98. The number of rotatable bonds is 9. The van der Waals surface area contributed by atoms with Gasteiger partial charge < -0.3 is 14.4 Å². The van der Waals surface area contributed by atoms with Gasteiger partial charge in [0.25, 0.3) is 25.8 Å². The van der Waals surface area contributed by atoms with Gasteiger partial charge >= 0.3 is 0 Å². The lowest BCUT2D eigenvalue weighted by Crippen LogP contribution is -2.52. The predicted octanol–water partition coefficient (Wildman–Crippen LogP) is 1.61. The number of fused-ring (bicyclic) bond motifs is 1. The molecule has 196 valence electrons. The van der Waals surface area contributed by atoms with Crippen LogP contribution in [0.15, 0.2) is 41.3 Å². The molecule has 2 aromatic rings. The van der Waals surface area contributed by atoms with Crippen molar-refractivity contribution in [3.63, 3.8) is 0 Å². The van der Waals surface area contributed by atoms with E-state index in [1.807, 2.05) is 6.07 Å². The minimum absolute atomic E-state index is 0.0628.